The number of rotatable bonds is 10. The number of hydrogen-bond acceptors (Lipinski definition) is 6. The molecule has 0 saturated heterocycles. The van der Waals surface area contributed by atoms with E-state index >= 15 is 0 Å². The second kappa shape index (κ2) is 12.2. The van der Waals surface area contributed by atoms with Crippen LogP contribution < -0.4 is 18.9 Å². The molecule has 0 bridgehead atoms. The lowest BCUT2D eigenvalue weighted by atomic mass is 10.1. The number of halogens is 2. The third kappa shape index (κ3) is 6.48. The number of benzene rings is 3. The highest BCUT2D eigenvalue weighted by atomic mass is 79.9. The Bertz CT molecular complexity index is 1230. The van der Waals surface area contributed by atoms with Crippen LogP contribution in [0.3, 0.4) is 0 Å². The molecule has 0 spiro atoms. The number of methoxy groups -OCH3 is 4. The molecule has 0 heterocycles. The Kier molecular flexibility index (Phi) is 9.03. The minimum atomic E-state index is -0.388. The predicted octanol–water partition coefficient (Wildman–Crippen LogP) is 6.77. The molecule has 0 aliphatic heterocycles. The van der Waals surface area contributed by atoms with Crippen LogP contribution in [0, 0.1) is 5.82 Å². The van der Waals surface area contributed by atoms with Crippen molar-refractivity contribution in [1.29, 1.82) is 0 Å². The van der Waals surface area contributed by atoms with Crippen molar-refractivity contribution in [1.82, 2.24) is 0 Å². The highest BCUT2D eigenvalue weighted by Crippen LogP contribution is 2.39. The van der Waals surface area contributed by atoms with E-state index in [1.54, 1.807) is 28.4 Å². The molecule has 0 N–H and O–H groups in total. The van der Waals surface area contributed by atoms with Crippen LogP contribution in [0.5, 0.6) is 23.0 Å². The Morgan fingerprint density at radius 2 is 1.43 bits per heavy atom. The number of carbonyl (C=O) groups is 1. The van der Waals surface area contributed by atoms with Gasteiger partial charge in [-0.2, -0.15) is 0 Å². The number of ether oxygens (including phenoxy) is 4. The van der Waals surface area contributed by atoms with Crippen LogP contribution in [0.1, 0.15) is 27.9 Å². The zero-order valence-electron chi connectivity index (χ0n) is 19.8. The van der Waals surface area contributed by atoms with Crippen molar-refractivity contribution in [3.8, 4) is 23.0 Å². The quantitative estimate of drug-likeness (QED) is 0.161. The highest BCUT2D eigenvalue weighted by Gasteiger charge is 2.13. The van der Waals surface area contributed by atoms with Crippen molar-refractivity contribution in [2.75, 3.05) is 28.4 Å². The number of nitrogens with zero attached hydrogens (tertiary/aromatic N) is 1. The van der Waals surface area contributed by atoms with Gasteiger partial charge in [-0.25, -0.2) is 4.39 Å². The number of aliphatic imine (C=N–C) groups is 1. The molecule has 3 aromatic rings. The molecular weight excluding hydrogens is 517 g/mol. The van der Waals surface area contributed by atoms with Crippen LogP contribution in [-0.2, 0) is 0 Å². The summed E-state index contributed by atoms with van der Waals surface area (Å²) in [6, 6.07) is 12.9. The van der Waals surface area contributed by atoms with Gasteiger partial charge in [0.1, 0.15) is 11.5 Å². The fourth-order valence-electron chi connectivity index (χ4n) is 3.36. The van der Waals surface area contributed by atoms with Gasteiger partial charge in [0.25, 0.3) is 0 Å². The summed E-state index contributed by atoms with van der Waals surface area (Å²) in [5.74, 6) is 1.62. The molecule has 35 heavy (non-hydrogen) atoms. The van der Waals surface area contributed by atoms with Crippen molar-refractivity contribution in [2.24, 2.45) is 4.99 Å². The first-order valence-corrected chi connectivity index (χ1v) is 11.4. The van der Waals surface area contributed by atoms with Crippen LogP contribution in [0.2, 0.25) is 0 Å². The molecule has 8 heteroatoms. The fraction of sp³-hybridized carbons (Fsp3) is 0.185. The summed E-state index contributed by atoms with van der Waals surface area (Å²) in [6.07, 6.45) is 5.40. The maximum absolute atomic E-state index is 13.1. The summed E-state index contributed by atoms with van der Waals surface area (Å²) in [7, 11) is 6.24. The standard InChI is InChI=1S/C27H25BrFNO5/c1-32-24-15-18(16-25(33-2)27(24)35-4)6-5-17-13-21(28)26(34-3)22(14-17)30-12-11-23(31)19-7-9-20(29)10-8-19/h5-10,12-16H,11H2,1-4H3/b6-5-,30-12?. The maximum atomic E-state index is 13.1. The second-order valence-corrected chi connectivity index (χ2v) is 8.15. The highest BCUT2D eigenvalue weighted by molar-refractivity contribution is 9.10. The fourth-order valence-corrected chi connectivity index (χ4v) is 3.99. The molecule has 3 aromatic carbocycles. The lowest BCUT2D eigenvalue weighted by molar-refractivity contribution is 0.100. The smallest absolute Gasteiger partial charge is 0.203 e. The molecule has 6 nitrogen and oxygen atoms in total. The second-order valence-electron chi connectivity index (χ2n) is 7.29. The number of Topliss-reactive ketones (excluding diaryl/α,β-unsaturated/α-hetero) is 1. The Balaban J connectivity index is 1.85. The lowest BCUT2D eigenvalue weighted by Crippen LogP contribution is -1.99. The van der Waals surface area contributed by atoms with Crippen molar-refractivity contribution >= 4 is 45.8 Å². The van der Waals surface area contributed by atoms with Gasteiger partial charge < -0.3 is 18.9 Å². The van der Waals surface area contributed by atoms with E-state index < -0.39 is 0 Å². The molecule has 0 fully saturated rings. The SMILES string of the molecule is COc1cc(/C=C\c2cc(Br)c(OC)c(N=CCC(=O)c3ccc(F)cc3)c2)cc(OC)c1OC. The van der Waals surface area contributed by atoms with Gasteiger partial charge in [-0.3, -0.25) is 9.79 Å². The number of ketones is 1. The Morgan fingerprint density at radius 1 is 0.857 bits per heavy atom. The summed E-state index contributed by atoms with van der Waals surface area (Å²) < 4.78 is 35.5. The molecule has 0 atom stereocenters. The minimum Gasteiger partial charge on any atom is -0.493 e. The summed E-state index contributed by atoms with van der Waals surface area (Å²) in [4.78, 5) is 16.8. The Morgan fingerprint density at radius 3 is 1.97 bits per heavy atom. The zero-order valence-corrected chi connectivity index (χ0v) is 21.4. The van der Waals surface area contributed by atoms with E-state index in [-0.39, 0.29) is 18.0 Å². The van der Waals surface area contributed by atoms with Crippen LogP contribution in [0.15, 0.2) is 58.0 Å². The third-order valence-corrected chi connectivity index (χ3v) is 5.67. The van der Waals surface area contributed by atoms with E-state index in [0.717, 1.165) is 11.1 Å². The normalized spacial score (nSPS) is 11.1. The van der Waals surface area contributed by atoms with E-state index in [0.29, 0.717) is 38.7 Å². The van der Waals surface area contributed by atoms with Crippen LogP contribution in [-0.4, -0.2) is 40.4 Å². The molecule has 0 saturated carbocycles. The van der Waals surface area contributed by atoms with E-state index in [1.165, 1.54) is 30.5 Å². The van der Waals surface area contributed by atoms with Gasteiger partial charge in [0, 0.05) is 18.2 Å². The summed E-state index contributed by atoms with van der Waals surface area (Å²) in [5.41, 5.74) is 2.68. The van der Waals surface area contributed by atoms with E-state index in [4.69, 9.17) is 18.9 Å². The van der Waals surface area contributed by atoms with Gasteiger partial charge in [0.2, 0.25) is 5.75 Å². The first kappa shape index (κ1) is 26.0. The average molecular weight is 542 g/mol. The van der Waals surface area contributed by atoms with Gasteiger partial charge in [-0.05, 0) is 75.6 Å². The van der Waals surface area contributed by atoms with Crippen molar-refractivity contribution < 1.29 is 28.1 Å². The van der Waals surface area contributed by atoms with Crippen LogP contribution >= 0.6 is 15.9 Å². The summed E-state index contributed by atoms with van der Waals surface area (Å²) in [5, 5.41) is 0. The molecule has 0 aliphatic carbocycles. The molecule has 3 rings (SSSR count). The zero-order chi connectivity index (χ0) is 25.4. The topological polar surface area (TPSA) is 66.4 Å². The molecule has 0 unspecified atom stereocenters. The first-order chi connectivity index (χ1) is 16.9. The van der Waals surface area contributed by atoms with Gasteiger partial charge >= 0.3 is 0 Å². The Hall–Kier alpha value is -3.65. The first-order valence-electron chi connectivity index (χ1n) is 10.6. The predicted molar refractivity (Wildman–Crippen MR) is 139 cm³/mol. The molecule has 0 aromatic heterocycles. The number of carbonyl (C=O) groups excluding carboxylic acids is 1. The maximum Gasteiger partial charge on any atom is 0.203 e. The summed E-state index contributed by atoms with van der Waals surface area (Å²) >= 11 is 3.52. The van der Waals surface area contributed by atoms with Crippen molar-refractivity contribution in [3.63, 3.8) is 0 Å². The van der Waals surface area contributed by atoms with Gasteiger partial charge in [0.05, 0.1) is 32.9 Å². The van der Waals surface area contributed by atoms with Gasteiger partial charge in [-0.1, -0.05) is 12.2 Å². The van der Waals surface area contributed by atoms with E-state index in [1.807, 2.05) is 36.4 Å². The van der Waals surface area contributed by atoms with Gasteiger partial charge in [0.15, 0.2) is 23.0 Å². The molecular formula is C27H25BrFNO5. The monoisotopic (exact) mass is 541 g/mol. The lowest BCUT2D eigenvalue weighted by Gasteiger charge is -2.13. The van der Waals surface area contributed by atoms with Crippen LogP contribution in [0.25, 0.3) is 12.2 Å². The molecule has 182 valence electrons. The summed E-state index contributed by atoms with van der Waals surface area (Å²) in [6.45, 7) is 0. The number of hydrogen-bond donors (Lipinski definition) is 0. The molecule has 0 radical (unpaired) electrons. The third-order valence-electron chi connectivity index (χ3n) is 5.08. The van der Waals surface area contributed by atoms with Gasteiger partial charge in [-0.15, -0.1) is 0 Å². The largest absolute Gasteiger partial charge is 0.493 e. The van der Waals surface area contributed by atoms with E-state index in [2.05, 4.69) is 20.9 Å². The molecule has 0 aliphatic rings. The van der Waals surface area contributed by atoms with Crippen molar-refractivity contribution in [3.05, 3.63) is 75.5 Å². The average Bonchev–Trinajstić information content (AvgIpc) is 2.86. The minimum absolute atomic E-state index is 0.0674. The van der Waals surface area contributed by atoms with Crippen LogP contribution in [0.4, 0.5) is 10.1 Å². The van der Waals surface area contributed by atoms with Crippen molar-refractivity contribution in [2.45, 2.75) is 6.42 Å². The van der Waals surface area contributed by atoms with E-state index in [9.17, 15) is 9.18 Å². The Labute approximate surface area is 212 Å². The molecule has 0 amide bonds.